The average Bonchev–Trinajstić information content (AvgIpc) is 2.47. The molecule has 6 nitrogen and oxygen atoms in total. The molecule has 1 aromatic rings. The van der Waals surface area contributed by atoms with Crippen LogP contribution in [0.15, 0.2) is 0 Å². The molecule has 82 valence electrons. The first-order valence-electron chi connectivity index (χ1n) is 4.25. The molecule has 0 N–H and O–H groups in total. The Morgan fingerprint density at radius 3 is 2.80 bits per heavy atom. The van der Waals surface area contributed by atoms with Crippen molar-refractivity contribution in [1.82, 2.24) is 4.98 Å². The summed E-state index contributed by atoms with van der Waals surface area (Å²) in [6.45, 7) is 3.20. The number of aryl methyl sites for hydroxylation is 1. The Labute approximate surface area is 90.0 Å². The van der Waals surface area contributed by atoms with Gasteiger partial charge in [-0.05, 0) is 6.92 Å². The number of carbonyl (C=O) groups is 1. The lowest BCUT2D eigenvalue weighted by atomic mass is 10.3. The number of rotatable bonds is 5. The van der Waals surface area contributed by atoms with E-state index in [1.54, 1.807) is 6.92 Å². The molecule has 0 aliphatic heterocycles. The summed E-state index contributed by atoms with van der Waals surface area (Å²) in [7, 11) is 0. The highest BCUT2D eigenvalue weighted by Gasteiger charge is 2.10. The molecule has 7 heteroatoms. The number of nitrogens with zero attached hydrogens (tertiary/aromatic N) is 2. The van der Waals surface area contributed by atoms with Crippen molar-refractivity contribution in [1.29, 1.82) is 0 Å². The Morgan fingerprint density at radius 2 is 2.33 bits per heavy atom. The molecule has 0 aliphatic carbocycles. The fourth-order valence-electron chi connectivity index (χ4n) is 1.02. The van der Waals surface area contributed by atoms with E-state index in [-0.39, 0.29) is 12.4 Å². The molecule has 0 radical (unpaired) electrons. The highest BCUT2D eigenvalue weighted by Crippen LogP contribution is 2.18. The molecule has 0 spiro atoms. The van der Waals surface area contributed by atoms with Gasteiger partial charge in [-0.2, -0.15) is 0 Å². The van der Waals surface area contributed by atoms with Crippen LogP contribution < -0.4 is 0 Å². The van der Waals surface area contributed by atoms with Gasteiger partial charge in [0.05, 0.1) is 5.69 Å². The van der Waals surface area contributed by atoms with Gasteiger partial charge in [-0.25, -0.2) is 4.98 Å². The van der Waals surface area contributed by atoms with Crippen LogP contribution in [0, 0.1) is 17.0 Å². The number of carbonyl (C=O) groups excluding carboxylic acids is 1. The molecule has 0 unspecified atom stereocenters. The Hall–Kier alpha value is -1.50. The molecule has 0 atom stereocenters. The third kappa shape index (κ3) is 3.28. The molecule has 0 aliphatic rings. The van der Waals surface area contributed by atoms with Gasteiger partial charge in [0.15, 0.2) is 10.8 Å². The van der Waals surface area contributed by atoms with Gasteiger partial charge < -0.3 is 4.84 Å². The molecule has 0 saturated heterocycles. The van der Waals surface area contributed by atoms with Crippen LogP contribution >= 0.6 is 11.3 Å². The Bertz CT molecular complexity index is 388. The van der Waals surface area contributed by atoms with Gasteiger partial charge >= 0.3 is 0 Å². The summed E-state index contributed by atoms with van der Waals surface area (Å²) in [4.78, 5) is 30.0. The van der Waals surface area contributed by atoms with E-state index >= 15 is 0 Å². The first-order valence-corrected chi connectivity index (χ1v) is 5.07. The maximum atomic E-state index is 11.0. The van der Waals surface area contributed by atoms with Crippen LogP contribution in [0.1, 0.15) is 27.3 Å². The summed E-state index contributed by atoms with van der Waals surface area (Å²) < 4.78 is 0. The fraction of sp³-hybridized carbons (Fsp3) is 0.500. The smallest absolute Gasteiger partial charge is 0.294 e. The Kier molecular flexibility index (Phi) is 3.73. The highest BCUT2D eigenvalue weighted by molar-refractivity contribution is 7.13. The molecule has 0 aromatic carbocycles. The lowest BCUT2D eigenvalue weighted by molar-refractivity contribution is -0.757. The third-order valence-corrected chi connectivity index (χ3v) is 3.04. The minimum absolute atomic E-state index is 0.00657. The van der Waals surface area contributed by atoms with E-state index in [9.17, 15) is 14.9 Å². The molecule has 15 heavy (non-hydrogen) atoms. The van der Waals surface area contributed by atoms with E-state index in [1.165, 1.54) is 18.3 Å². The zero-order valence-electron chi connectivity index (χ0n) is 8.35. The maximum absolute atomic E-state index is 11.0. The van der Waals surface area contributed by atoms with E-state index < -0.39 is 5.09 Å². The van der Waals surface area contributed by atoms with Crippen molar-refractivity contribution in [2.45, 2.75) is 20.3 Å². The number of Topliss-reactive ketones (excluding diaryl/α,β-unsaturated/α-hetero) is 1. The van der Waals surface area contributed by atoms with Crippen molar-refractivity contribution in [3.63, 3.8) is 0 Å². The second-order valence-corrected chi connectivity index (χ2v) is 3.97. The summed E-state index contributed by atoms with van der Waals surface area (Å²) in [5.74, 6) is -0.0930. The van der Waals surface area contributed by atoms with Crippen molar-refractivity contribution in [2.75, 3.05) is 6.61 Å². The number of aromatic nitrogens is 1. The molecule has 0 fully saturated rings. The summed E-state index contributed by atoms with van der Waals surface area (Å²) in [6, 6.07) is 0. The first-order chi connectivity index (χ1) is 7.00. The minimum atomic E-state index is -0.831. The SMILES string of the molecule is CC(=O)c1nc(C)c(CCO[N+](=O)[O-])s1. The molecule has 1 rings (SSSR count). The van der Waals surface area contributed by atoms with E-state index in [1.807, 2.05) is 0 Å². The van der Waals surface area contributed by atoms with E-state index in [4.69, 9.17) is 0 Å². The van der Waals surface area contributed by atoms with Crippen LogP contribution in [0.4, 0.5) is 0 Å². The van der Waals surface area contributed by atoms with E-state index in [2.05, 4.69) is 9.82 Å². The zero-order chi connectivity index (χ0) is 11.4. The quantitative estimate of drug-likeness (QED) is 0.434. The second kappa shape index (κ2) is 4.83. The summed E-state index contributed by atoms with van der Waals surface area (Å²) in [6.07, 6.45) is 0.401. The molecule has 1 heterocycles. The van der Waals surface area contributed by atoms with Crippen molar-refractivity contribution < 1.29 is 14.7 Å². The van der Waals surface area contributed by atoms with E-state index in [0.29, 0.717) is 11.4 Å². The number of hydrogen-bond donors (Lipinski definition) is 0. The van der Waals surface area contributed by atoms with Gasteiger partial charge in [0.25, 0.3) is 5.09 Å². The minimum Gasteiger partial charge on any atom is -0.314 e. The number of hydrogen-bond acceptors (Lipinski definition) is 6. The largest absolute Gasteiger partial charge is 0.314 e. The predicted molar refractivity (Wildman–Crippen MR) is 53.5 cm³/mol. The number of thiazole rings is 1. The third-order valence-electron chi connectivity index (χ3n) is 1.72. The van der Waals surface area contributed by atoms with Crippen LogP contribution in [-0.4, -0.2) is 22.5 Å². The topological polar surface area (TPSA) is 82.3 Å². The summed E-state index contributed by atoms with van der Waals surface area (Å²) in [5, 5.41) is 9.51. The van der Waals surface area contributed by atoms with Crippen LogP contribution in [0.25, 0.3) is 0 Å². The Morgan fingerprint density at radius 1 is 1.67 bits per heavy atom. The predicted octanol–water partition coefficient (Wildman–Crippen LogP) is 1.40. The second-order valence-electron chi connectivity index (χ2n) is 2.89. The lowest BCUT2D eigenvalue weighted by Crippen LogP contribution is -2.04. The van der Waals surface area contributed by atoms with Crippen molar-refractivity contribution in [3.05, 3.63) is 25.7 Å². The van der Waals surface area contributed by atoms with Gasteiger partial charge in [-0.3, -0.25) is 4.79 Å². The number of ketones is 1. The molecular weight excluding hydrogens is 220 g/mol. The standard InChI is InChI=1S/C8H10N2O4S/c1-5-7(3-4-14-10(12)13)15-8(9-5)6(2)11/h3-4H2,1-2H3. The van der Waals surface area contributed by atoms with Crippen molar-refractivity contribution >= 4 is 17.1 Å². The normalized spacial score (nSPS) is 10.0. The van der Waals surface area contributed by atoms with Gasteiger partial charge in [-0.1, -0.05) is 0 Å². The van der Waals surface area contributed by atoms with Crippen LogP contribution in [0.5, 0.6) is 0 Å². The van der Waals surface area contributed by atoms with Crippen molar-refractivity contribution in [3.8, 4) is 0 Å². The van der Waals surface area contributed by atoms with Gasteiger partial charge in [0, 0.05) is 18.2 Å². The van der Waals surface area contributed by atoms with Gasteiger partial charge in [-0.15, -0.1) is 21.5 Å². The molecular formula is C8H10N2O4S. The highest BCUT2D eigenvalue weighted by atomic mass is 32.1. The van der Waals surface area contributed by atoms with Gasteiger partial charge in [0.1, 0.15) is 6.61 Å². The fourth-order valence-corrected chi connectivity index (χ4v) is 1.96. The zero-order valence-corrected chi connectivity index (χ0v) is 9.17. The van der Waals surface area contributed by atoms with Crippen LogP contribution in [-0.2, 0) is 11.3 Å². The van der Waals surface area contributed by atoms with Crippen LogP contribution in [0.3, 0.4) is 0 Å². The van der Waals surface area contributed by atoms with Gasteiger partial charge in [0.2, 0.25) is 0 Å². The monoisotopic (exact) mass is 230 g/mol. The average molecular weight is 230 g/mol. The summed E-state index contributed by atoms with van der Waals surface area (Å²) >= 11 is 1.26. The first kappa shape index (κ1) is 11.6. The lowest BCUT2D eigenvalue weighted by Gasteiger charge is -1.96. The molecule has 1 aromatic heterocycles. The van der Waals surface area contributed by atoms with Crippen molar-refractivity contribution in [2.24, 2.45) is 0 Å². The summed E-state index contributed by atoms with van der Waals surface area (Å²) in [5.41, 5.74) is 0.733. The Balaban J connectivity index is 2.61. The van der Waals surface area contributed by atoms with E-state index in [0.717, 1.165) is 10.6 Å². The van der Waals surface area contributed by atoms with Crippen LogP contribution in [0.2, 0.25) is 0 Å². The maximum Gasteiger partial charge on any atom is 0.294 e. The molecule has 0 saturated carbocycles. The molecule has 0 bridgehead atoms. The molecule has 0 amide bonds.